The minimum atomic E-state index is -0.262. The van der Waals surface area contributed by atoms with E-state index in [0.717, 1.165) is 15.8 Å². The normalized spacial score (nSPS) is 12.2. The molecule has 1 atom stereocenters. The second-order valence-electron chi connectivity index (χ2n) is 4.22. The van der Waals surface area contributed by atoms with Crippen LogP contribution in [0.3, 0.4) is 0 Å². The smallest absolute Gasteiger partial charge is 0.250 e. The van der Waals surface area contributed by atoms with Gasteiger partial charge in [-0.3, -0.25) is 4.79 Å². The maximum absolute atomic E-state index is 11.7. The van der Waals surface area contributed by atoms with Crippen molar-refractivity contribution in [2.24, 2.45) is 5.73 Å². The monoisotopic (exact) mass is 322 g/mol. The molecular weight excluding hydrogens is 308 g/mol. The van der Waals surface area contributed by atoms with Gasteiger partial charge in [-0.05, 0) is 39.7 Å². The topological polar surface area (TPSA) is 57.2 Å². The van der Waals surface area contributed by atoms with Crippen LogP contribution in [0.4, 0.5) is 0 Å². The third kappa shape index (κ3) is 3.45. The zero-order chi connectivity index (χ0) is 13.8. The lowest BCUT2D eigenvalue weighted by Gasteiger charge is -2.15. The fourth-order valence-corrected chi connectivity index (χ4v) is 2.21. The number of nitrogens with two attached hydrogens (primary N) is 1. The predicted molar refractivity (Wildman–Crippen MR) is 78.3 cm³/mol. The van der Waals surface area contributed by atoms with Crippen molar-refractivity contribution in [3.63, 3.8) is 0 Å². The fourth-order valence-electron chi connectivity index (χ4n) is 1.83. The third-order valence-electron chi connectivity index (χ3n) is 2.86. The molecule has 2 rings (SSSR count). The predicted octanol–water partition coefficient (Wildman–Crippen LogP) is 2.32. The lowest BCUT2D eigenvalue weighted by Crippen LogP contribution is -2.25. The number of benzene rings is 1. The Hall–Kier alpha value is -1.59. The highest BCUT2D eigenvalue weighted by molar-refractivity contribution is 9.10. The number of aromatic nitrogens is 1. The molecule has 1 aromatic heterocycles. The number of halogens is 1. The van der Waals surface area contributed by atoms with E-state index in [9.17, 15) is 4.79 Å². The summed E-state index contributed by atoms with van der Waals surface area (Å²) in [5, 5.41) is 0. The molecule has 1 unspecified atom stereocenters. The highest BCUT2D eigenvalue weighted by atomic mass is 79.9. The second-order valence-corrected chi connectivity index (χ2v) is 5.14. The van der Waals surface area contributed by atoms with Gasteiger partial charge < -0.3 is 15.0 Å². The van der Waals surface area contributed by atoms with Gasteiger partial charge in [0.05, 0.1) is 7.11 Å². The van der Waals surface area contributed by atoms with Gasteiger partial charge in [0, 0.05) is 29.3 Å². The average molecular weight is 323 g/mol. The zero-order valence-electron chi connectivity index (χ0n) is 10.5. The minimum absolute atomic E-state index is 0.0680. The van der Waals surface area contributed by atoms with Gasteiger partial charge in [-0.15, -0.1) is 0 Å². The summed E-state index contributed by atoms with van der Waals surface area (Å²) in [5.74, 6) is 0.759. The largest absolute Gasteiger partial charge is 0.497 e. The van der Waals surface area contributed by atoms with E-state index in [0.29, 0.717) is 6.54 Å². The molecule has 0 aliphatic heterocycles. The van der Waals surface area contributed by atoms with Crippen LogP contribution in [0.25, 0.3) is 0 Å². The molecule has 0 bridgehead atoms. The van der Waals surface area contributed by atoms with E-state index in [1.807, 2.05) is 24.3 Å². The number of methoxy groups -OCH3 is 1. The SMILES string of the molecule is COc1cccc(C(N)Cn2cc(Br)ccc2=O)c1. The van der Waals surface area contributed by atoms with Gasteiger partial charge in [-0.1, -0.05) is 12.1 Å². The van der Waals surface area contributed by atoms with E-state index in [1.54, 1.807) is 23.9 Å². The van der Waals surface area contributed by atoms with E-state index in [1.165, 1.54) is 6.07 Å². The Labute approximate surface area is 119 Å². The molecule has 19 heavy (non-hydrogen) atoms. The van der Waals surface area contributed by atoms with Crippen molar-refractivity contribution in [3.05, 3.63) is 63.0 Å². The lowest BCUT2D eigenvalue weighted by atomic mass is 10.1. The number of rotatable bonds is 4. The summed E-state index contributed by atoms with van der Waals surface area (Å²) in [7, 11) is 1.61. The maximum Gasteiger partial charge on any atom is 0.250 e. The third-order valence-corrected chi connectivity index (χ3v) is 3.33. The summed E-state index contributed by atoms with van der Waals surface area (Å²) in [6.07, 6.45) is 1.74. The van der Waals surface area contributed by atoms with Crippen molar-refractivity contribution < 1.29 is 4.74 Å². The Kier molecular flexibility index (Phi) is 4.39. The maximum atomic E-state index is 11.7. The molecule has 0 saturated heterocycles. The highest BCUT2D eigenvalue weighted by Gasteiger charge is 2.09. The van der Waals surface area contributed by atoms with Crippen molar-refractivity contribution in [2.75, 3.05) is 7.11 Å². The first-order valence-corrected chi connectivity index (χ1v) is 6.65. The summed E-state index contributed by atoms with van der Waals surface area (Å²) in [6, 6.07) is 10.5. The van der Waals surface area contributed by atoms with Crippen LogP contribution in [-0.2, 0) is 6.54 Å². The summed E-state index contributed by atoms with van der Waals surface area (Å²) < 4.78 is 7.61. The zero-order valence-corrected chi connectivity index (χ0v) is 12.1. The molecule has 0 amide bonds. The molecule has 1 heterocycles. The molecule has 2 N–H and O–H groups in total. The van der Waals surface area contributed by atoms with Crippen LogP contribution in [0.1, 0.15) is 11.6 Å². The Morgan fingerprint density at radius 3 is 2.89 bits per heavy atom. The lowest BCUT2D eigenvalue weighted by molar-refractivity contribution is 0.413. The van der Waals surface area contributed by atoms with E-state index in [4.69, 9.17) is 10.5 Å². The molecule has 100 valence electrons. The molecule has 4 nitrogen and oxygen atoms in total. The van der Waals surface area contributed by atoms with Crippen LogP contribution in [-0.4, -0.2) is 11.7 Å². The van der Waals surface area contributed by atoms with Gasteiger partial charge >= 0.3 is 0 Å². The van der Waals surface area contributed by atoms with Crippen LogP contribution in [0.5, 0.6) is 5.75 Å². The van der Waals surface area contributed by atoms with E-state index >= 15 is 0 Å². The summed E-state index contributed by atoms with van der Waals surface area (Å²) >= 11 is 3.34. The van der Waals surface area contributed by atoms with Crippen molar-refractivity contribution >= 4 is 15.9 Å². The van der Waals surface area contributed by atoms with Gasteiger partial charge in [-0.25, -0.2) is 0 Å². The number of hydrogen-bond acceptors (Lipinski definition) is 3. The molecule has 1 aromatic carbocycles. The first-order chi connectivity index (χ1) is 9.10. The summed E-state index contributed by atoms with van der Waals surface area (Å²) in [5.41, 5.74) is 7.01. The average Bonchev–Trinajstić information content (AvgIpc) is 2.43. The Morgan fingerprint density at radius 2 is 2.16 bits per heavy atom. The van der Waals surface area contributed by atoms with Gasteiger partial charge in [0.1, 0.15) is 5.75 Å². The van der Waals surface area contributed by atoms with E-state index in [2.05, 4.69) is 15.9 Å². The van der Waals surface area contributed by atoms with Gasteiger partial charge in [0.25, 0.3) is 5.56 Å². The Balaban J connectivity index is 2.22. The fraction of sp³-hybridized carbons (Fsp3) is 0.214. The number of pyridine rings is 1. The van der Waals surface area contributed by atoms with E-state index in [-0.39, 0.29) is 11.6 Å². The number of ether oxygens (including phenoxy) is 1. The molecule has 0 radical (unpaired) electrons. The molecule has 2 aromatic rings. The van der Waals surface area contributed by atoms with E-state index < -0.39 is 0 Å². The second kappa shape index (κ2) is 6.04. The molecule has 0 aliphatic rings. The molecule has 5 heteroatoms. The first kappa shape index (κ1) is 13.8. The van der Waals surface area contributed by atoms with Crippen molar-refractivity contribution in [1.29, 1.82) is 0 Å². The van der Waals surface area contributed by atoms with Crippen LogP contribution in [0, 0.1) is 0 Å². The van der Waals surface area contributed by atoms with Crippen LogP contribution in [0.2, 0.25) is 0 Å². The number of hydrogen-bond donors (Lipinski definition) is 1. The molecule has 0 fully saturated rings. The Bertz CT molecular complexity index is 625. The molecule has 0 spiro atoms. The molecule has 0 saturated carbocycles. The number of nitrogens with zero attached hydrogens (tertiary/aromatic N) is 1. The van der Waals surface area contributed by atoms with Gasteiger partial charge in [0.2, 0.25) is 0 Å². The molecular formula is C14H15BrN2O2. The van der Waals surface area contributed by atoms with Gasteiger partial charge in [-0.2, -0.15) is 0 Å². The van der Waals surface area contributed by atoms with Crippen LogP contribution >= 0.6 is 15.9 Å². The summed E-state index contributed by atoms with van der Waals surface area (Å²) in [6.45, 7) is 0.422. The highest BCUT2D eigenvalue weighted by Crippen LogP contribution is 2.18. The van der Waals surface area contributed by atoms with Crippen LogP contribution in [0.15, 0.2) is 51.9 Å². The van der Waals surface area contributed by atoms with Crippen LogP contribution < -0.4 is 16.0 Å². The Morgan fingerprint density at radius 1 is 1.37 bits per heavy atom. The van der Waals surface area contributed by atoms with Gasteiger partial charge in [0.15, 0.2) is 0 Å². The quantitative estimate of drug-likeness (QED) is 0.939. The van der Waals surface area contributed by atoms with Crippen molar-refractivity contribution in [1.82, 2.24) is 4.57 Å². The minimum Gasteiger partial charge on any atom is -0.497 e. The van der Waals surface area contributed by atoms with Crippen molar-refractivity contribution in [2.45, 2.75) is 12.6 Å². The summed E-state index contributed by atoms with van der Waals surface area (Å²) in [4.78, 5) is 11.7. The first-order valence-electron chi connectivity index (χ1n) is 5.85. The molecule has 0 aliphatic carbocycles. The van der Waals surface area contributed by atoms with Crippen molar-refractivity contribution in [3.8, 4) is 5.75 Å². The standard InChI is InChI=1S/C14H15BrN2O2/c1-19-12-4-2-3-10(7-12)13(16)9-17-8-11(15)5-6-14(17)18/h2-8,13H,9,16H2,1H3.